The van der Waals surface area contributed by atoms with E-state index in [0.29, 0.717) is 6.07 Å². The topological polar surface area (TPSA) is 77.8 Å². The van der Waals surface area contributed by atoms with Gasteiger partial charge in [0.2, 0.25) is 23.5 Å². The van der Waals surface area contributed by atoms with Crippen LogP contribution in [0.2, 0.25) is 0 Å². The van der Waals surface area contributed by atoms with E-state index in [1.165, 1.54) is 12.1 Å². The van der Waals surface area contributed by atoms with E-state index in [1.54, 1.807) is 0 Å². The van der Waals surface area contributed by atoms with Crippen LogP contribution in [0.3, 0.4) is 0 Å². The van der Waals surface area contributed by atoms with Crippen LogP contribution in [0.15, 0.2) is 51.4 Å². The highest BCUT2D eigenvalue weighted by Crippen LogP contribution is 2.31. The third kappa shape index (κ3) is 4.13. The monoisotopic (exact) mass is 408 g/mol. The fraction of sp³-hybridized carbons (Fsp3) is 0.111. The van der Waals surface area contributed by atoms with Crippen molar-refractivity contribution in [1.29, 1.82) is 0 Å². The average Bonchev–Trinajstić information content (AvgIpc) is 3.30. The van der Waals surface area contributed by atoms with E-state index in [-0.39, 0.29) is 41.0 Å². The summed E-state index contributed by atoms with van der Waals surface area (Å²) in [6.07, 6.45) is -4.62. The molecule has 2 aromatic carbocycles. The predicted octanol–water partition coefficient (Wildman–Crippen LogP) is 4.67. The minimum atomic E-state index is -4.50. The molecule has 4 aromatic rings. The van der Waals surface area contributed by atoms with Crippen molar-refractivity contribution in [2.45, 2.75) is 12.6 Å². The highest BCUT2D eigenvalue weighted by Gasteiger charge is 2.30. The number of aromatic nitrogens is 4. The molecule has 0 spiro atoms. The van der Waals surface area contributed by atoms with Crippen molar-refractivity contribution in [1.82, 2.24) is 20.3 Å². The van der Waals surface area contributed by atoms with E-state index < -0.39 is 23.4 Å². The highest BCUT2D eigenvalue weighted by molar-refractivity contribution is 5.56. The first kappa shape index (κ1) is 18.7. The number of hydrogen-bond acceptors (Lipinski definition) is 6. The Morgan fingerprint density at radius 3 is 2.34 bits per heavy atom. The summed E-state index contributed by atoms with van der Waals surface area (Å²) in [7, 11) is 0. The van der Waals surface area contributed by atoms with Crippen molar-refractivity contribution in [2.75, 3.05) is 0 Å². The molecule has 0 amide bonds. The van der Waals surface area contributed by atoms with Crippen molar-refractivity contribution >= 4 is 0 Å². The summed E-state index contributed by atoms with van der Waals surface area (Å²) >= 11 is 0. The van der Waals surface area contributed by atoms with Gasteiger partial charge in [-0.05, 0) is 24.3 Å². The van der Waals surface area contributed by atoms with E-state index in [9.17, 15) is 22.0 Å². The third-order valence-electron chi connectivity index (χ3n) is 3.79. The Hall–Kier alpha value is -3.63. The number of rotatable bonds is 4. The molecule has 11 heteroatoms. The molecule has 0 saturated heterocycles. The predicted molar refractivity (Wildman–Crippen MR) is 87.2 cm³/mol. The van der Waals surface area contributed by atoms with Crippen LogP contribution in [0.5, 0.6) is 0 Å². The first-order chi connectivity index (χ1) is 13.8. The van der Waals surface area contributed by atoms with Crippen molar-refractivity contribution < 1.29 is 30.9 Å². The first-order valence-corrected chi connectivity index (χ1v) is 8.07. The summed E-state index contributed by atoms with van der Waals surface area (Å²) in [5, 5.41) is 11.1. The lowest BCUT2D eigenvalue weighted by Gasteiger charge is -2.06. The van der Waals surface area contributed by atoms with Gasteiger partial charge in [0.05, 0.1) is 5.56 Å². The van der Waals surface area contributed by atoms with E-state index in [4.69, 9.17) is 8.94 Å². The minimum absolute atomic E-state index is 0.0121. The van der Waals surface area contributed by atoms with Crippen LogP contribution < -0.4 is 0 Å². The fourth-order valence-corrected chi connectivity index (χ4v) is 2.53. The molecule has 0 atom stereocenters. The Morgan fingerprint density at radius 2 is 1.62 bits per heavy atom. The normalized spacial score (nSPS) is 11.8. The van der Waals surface area contributed by atoms with Gasteiger partial charge in [0, 0.05) is 17.2 Å². The number of nitrogens with zero attached hydrogens (tertiary/aromatic N) is 4. The van der Waals surface area contributed by atoms with Gasteiger partial charge in [0.15, 0.2) is 0 Å². The number of benzene rings is 2. The van der Waals surface area contributed by atoms with Gasteiger partial charge in [-0.25, -0.2) is 8.78 Å². The molecule has 0 radical (unpaired) electrons. The summed E-state index contributed by atoms with van der Waals surface area (Å²) in [6.45, 7) is 0. The maximum atomic E-state index is 13.3. The quantitative estimate of drug-likeness (QED) is 0.457. The van der Waals surface area contributed by atoms with Gasteiger partial charge in [-0.15, -0.1) is 10.2 Å². The SMILES string of the molecule is Fc1cc(F)cc(-c2nnc(Cc3nc(-c4cccc(C(F)(F)F)c4)no3)o2)c1. The number of alkyl halides is 3. The van der Waals surface area contributed by atoms with Crippen molar-refractivity contribution in [3.63, 3.8) is 0 Å². The zero-order valence-corrected chi connectivity index (χ0v) is 14.2. The van der Waals surface area contributed by atoms with Crippen LogP contribution in [0, 0.1) is 11.6 Å². The van der Waals surface area contributed by atoms with Gasteiger partial charge >= 0.3 is 6.18 Å². The lowest BCUT2D eigenvalue weighted by atomic mass is 10.1. The Morgan fingerprint density at radius 1 is 0.862 bits per heavy atom. The van der Waals surface area contributed by atoms with Crippen molar-refractivity contribution in [2.24, 2.45) is 0 Å². The van der Waals surface area contributed by atoms with E-state index in [2.05, 4.69) is 20.3 Å². The summed E-state index contributed by atoms with van der Waals surface area (Å²) in [5.74, 6) is -1.74. The minimum Gasteiger partial charge on any atom is -0.420 e. The van der Waals surface area contributed by atoms with Crippen LogP contribution in [0.4, 0.5) is 22.0 Å². The van der Waals surface area contributed by atoms with E-state index >= 15 is 0 Å². The van der Waals surface area contributed by atoms with Crippen LogP contribution in [-0.4, -0.2) is 20.3 Å². The maximum Gasteiger partial charge on any atom is 0.416 e. The molecule has 0 aliphatic rings. The van der Waals surface area contributed by atoms with Gasteiger partial charge in [0.25, 0.3) is 0 Å². The molecule has 0 unspecified atom stereocenters. The second-order valence-corrected chi connectivity index (χ2v) is 5.93. The summed E-state index contributed by atoms with van der Waals surface area (Å²) in [5.41, 5.74) is -0.669. The molecule has 29 heavy (non-hydrogen) atoms. The average molecular weight is 408 g/mol. The zero-order chi connectivity index (χ0) is 20.6. The maximum absolute atomic E-state index is 13.3. The molecular formula is C18H9F5N4O2. The Balaban J connectivity index is 1.54. The largest absolute Gasteiger partial charge is 0.420 e. The summed E-state index contributed by atoms with van der Waals surface area (Å²) in [4.78, 5) is 4.02. The molecule has 4 rings (SSSR count). The molecule has 148 valence electrons. The first-order valence-electron chi connectivity index (χ1n) is 8.07. The molecule has 0 saturated carbocycles. The molecule has 0 bridgehead atoms. The van der Waals surface area contributed by atoms with Gasteiger partial charge in [-0.3, -0.25) is 0 Å². The lowest BCUT2D eigenvalue weighted by Crippen LogP contribution is -2.04. The molecular weight excluding hydrogens is 399 g/mol. The molecule has 0 aliphatic heterocycles. The molecule has 2 heterocycles. The molecule has 0 N–H and O–H groups in total. The Kier molecular flexibility index (Phi) is 4.57. The molecule has 0 aliphatic carbocycles. The zero-order valence-electron chi connectivity index (χ0n) is 14.2. The number of hydrogen-bond donors (Lipinski definition) is 0. The Bertz CT molecular complexity index is 1150. The van der Waals surface area contributed by atoms with Crippen LogP contribution >= 0.6 is 0 Å². The van der Waals surface area contributed by atoms with Gasteiger partial charge in [-0.1, -0.05) is 17.3 Å². The van der Waals surface area contributed by atoms with Crippen LogP contribution in [0.25, 0.3) is 22.8 Å². The molecule has 2 aromatic heterocycles. The molecule has 6 nitrogen and oxygen atoms in total. The second-order valence-electron chi connectivity index (χ2n) is 5.93. The van der Waals surface area contributed by atoms with Crippen molar-refractivity contribution in [3.8, 4) is 22.8 Å². The van der Waals surface area contributed by atoms with Crippen LogP contribution in [0.1, 0.15) is 17.3 Å². The van der Waals surface area contributed by atoms with Gasteiger partial charge in [-0.2, -0.15) is 18.2 Å². The lowest BCUT2D eigenvalue weighted by molar-refractivity contribution is -0.137. The summed E-state index contributed by atoms with van der Waals surface area (Å²) < 4.78 is 75.4. The van der Waals surface area contributed by atoms with Crippen molar-refractivity contribution in [3.05, 3.63) is 71.4 Å². The van der Waals surface area contributed by atoms with Gasteiger partial charge in [0.1, 0.15) is 18.1 Å². The second kappa shape index (κ2) is 7.08. The standard InChI is InChI=1S/C18H9F5N4O2/c19-12-5-10(6-13(20)7-12)17-26-25-15(28-17)8-14-24-16(27-29-14)9-2-1-3-11(4-9)18(21,22)23/h1-7H,8H2. The smallest absolute Gasteiger partial charge is 0.416 e. The summed E-state index contributed by atoms with van der Waals surface area (Å²) in [6, 6.07) is 7.23. The Labute approximate surface area is 159 Å². The molecule has 0 fully saturated rings. The highest BCUT2D eigenvalue weighted by atomic mass is 19.4. The van der Waals surface area contributed by atoms with E-state index in [0.717, 1.165) is 24.3 Å². The van der Waals surface area contributed by atoms with E-state index in [1.807, 2.05) is 0 Å². The van der Waals surface area contributed by atoms with Gasteiger partial charge < -0.3 is 8.94 Å². The third-order valence-corrected chi connectivity index (χ3v) is 3.79. The number of halogens is 5. The van der Waals surface area contributed by atoms with Crippen LogP contribution in [-0.2, 0) is 12.6 Å². The fourth-order valence-electron chi connectivity index (χ4n) is 2.53.